The number of amides is 1. The zero-order valence-electron chi connectivity index (χ0n) is 14.7. The van der Waals surface area contributed by atoms with Crippen LogP contribution >= 0.6 is 11.3 Å². The molecule has 0 atom stereocenters. The highest BCUT2D eigenvalue weighted by Gasteiger charge is 2.25. The van der Waals surface area contributed by atoms with Crippen molar-refractivity contribution in [3.8, 4) is 5.75 Å². The Kier molecular flexibility index (Phi) is 6.44. The third-order valence-corrected chi connectivity index (χ3v) is 5.62. The first-order valence-electron chi connectivity index (χ1n) is 8.82. The molecule has 0 radical (unpaired) electrons. The molecule has 25 heavy (non-hydrogen) atoms. The van der Waals surface area contributed by atoms with Crippen LogP contribution < -0.4 is 19.9 Å². The zero-order chi connectivity index (χ0) is 17.5. The van der Waals surface area contributed by atoms with Crippen molar-refractivity contribution in [3.05, 3.63) is 52.2 Å². The van der Waals surface area contributed by atoms with Gasteiger partial charge in [0.15, 0.2) is 6.54 Å². The summed E-state index contributed by atoms with van der Waals surface area (Å²) in [5, 5.41) is 5.16. The van der Waals surface area contributed by atoms with E-state index >= 15 is 0 Å². The fraction of sp³-hybridized carbons (Fsp3) is 0.421. The SMILES string of the molecule is COc1ccccc1CNC(=O)C[NH+]1CC[NH+](Cc2cccs2)CC1. The summed E-state index contributed by atoms with van der Waals surface area (Å²) in [7, 11) is 1.66. The van der Waals surface area contributed by atoms with Crippen molar-refractivity contribution in [2.75, 3.05) is 39.8 Å². The molecule has 6 heteroatoms. The molecular formula is C19H27N3O2S+2. The van der Waals surface area contributed by atoms with Crippen LogP contribution in [-0.4, -0.2) is 45.7 Å². The molecular weight excluding hydrogens is 334 g/mol. The average molecular weight is 362 g/mol. The summed E-state index contributed by atoms with van der Waals surface area (Å²) in [6, 6.07) is 12.1. The van der Waals surface area contributed by atoms with E-state index in [1.807, 2.05) is 35.6 Å². The molecule has 1 amide bonds. The van der Waals surface area contributed by atoms with Crippen molar-refractivity contribution in [2.24, 2.45) is 0 Å². The number of ether oxygens (including phenoxy) is 1. The van der Waals surface area contributed by atoms with Crippen molar-refractivity contribution in [1.29, 1.82) is 0 Å². The van der Waals surface area contributed by atoms with Gasteiger partial charge in [-0.05, 0) is 17.5 Å². The molecule has 1 fully saturated rings. The summed E-state index contributed by atoms with van der Waals surface area (Å²) in [6.45, 7) is 6.57. The molecule has 2 aromatic rings. The summed E-state index contributed by atoms with van der Waals surface area (Å²) >= 11 is 1.83. The number of hydrogen-bond acceptors (Lipinski definition) is 3. The second kappa shape index (κ2) is 8.99. The van der Waals surface area contributed by atoms with Gasteiger partial charge in [-0.3, -0.25) is 4.79 Å². The molecule has 5 nitrogen and oxygen atoms in total. The monoisotopic (exact) mass is 361 g/mol. The van der Waals surface area contributed by atoms with E-state index in [4.69, 9.17) is 4.74 Å². The fourth-order valence-corrected chi connectivity index (χ4v) is 4.08. The van der Waals surface area contributed by atoms with E-state index in [1.165, 1.54) is 9.78 Å². The average Bonchev–Trinajstić information content (AvgIpc) is 3.15. The summed E-state index contributed by atoms with van der Waals surface area (Å²) in [5.74, 6) is 0.934. The van der Waals surface area contributed by atoms with Crippen LogP contribution in [0.1, 0.15) is 10.4 Å². The smallest absolute Gasteiger partial charge is 0.275 e. The van der Waals surface area contributed by atoms with Crippen LogP contribution in [0.3, 0.4) is 0 Å². The van der Waals surface area contributed by atoms with Crippen LogP contribution in [0, 0.1) is 0 Å². The lowest BCUT2D eigenvalue weighted by molar-refractivity contribution is -1.01. The van der Waals surface area contributed by atoms with Crippen LogP contribution in [-0.2, 0) is 17.9 Å². The maximum absolute atomic E-state index is 12.2. The second-order valence-electron chi connectivity index (χ2n) is 6.52. The Morgan fingerprint density at radius 1 is 1.12 bits per heavy atom. The van der Waals surface area contributed by atoms with E-state index in [9.17, 15) is 4.79 Å². The summed E-state index contributed by atoms with van der Waals surface area (Å²) in [6.07, 6.45) is 0. The predicted molar refractivity (Wildman–Crippen MR) is 99.1 cm³/mol. The molecule has 1 aliphatic heterocycles. The summed E-state index contributed by atoms with van der Waals surface area (Å²) < 4.78 is 5.32. The minimum atomic E-state index is 0.114. The second-order valence-corrected chi connectivity index (χ2v) is 7.55. The van der Waals surface area contributed by atoms with Crippen molar-refractivity contribution in [2.45, 2.75) is 13.1 Å². The van der Waals surface area contributed by atoms with Crippen LogP contribution in [0.2, 0.25) is 0 Å². The van der Waals surface area contributed by atoms with Gasteiger partial charge in [0.05, 0.1) is 12.0 Å². The number of hydrogen-bond donors (Lipinski definition) is 3. The van der Waals surface area contributed by atoms with Gasteiger partial charge in [-0.2, -0.15) is 0 Å². The van der Waals surface area contributed by atoms with Gasteiger partial charge >= 0.3 is 0 Å². The predicted octanol–water partition coefficient (Wildman–Crippen LogP) is -0.643. The number of para-hydroxylation sites is 1. The molecule has 134 valence electrons. The minimum Gasteiger partial charge on any atom is -0.496 e. The van der Waals surface area contributed by atoms with E-state index in [0.29, 0.717) is 13.1 Å². The van der Waals surface area contributed by atoms with Gasteiger partial charge in [0.25, 0.3) is 5.91 Å². The molecule has 0 unspecified atom stereocenters. The molecule has 3 rings (SSSR count). The molecule has 1 aromatic heterocycles. The third kappa shape index (κ3) is 5.29. The van der Waals surface area contributed by atoms with Gasteiger partial charge < -0.3 is 19.9 Å². The summed E-state index contributed by atoms with van der Waals surface area (Å²) in [5.41, 5.74) is 1.01. The van der Waals surface area contributed by atoms with E-state index in [1.54, 1.807) is 12.0 Å². The maximum Gasteiger partial charge on any atom is 0.275 e. The van der Waals surface area contributed by atoms with Crippen molar-refractivity contribution in [1.82, 2.24) is 5.32 Å². The number of rotatable bonds is 7. The van der Waals surface area contributed by atoms with E-state index < -0.39 is 0 Å². The molecule has 1 aliphatic rings. The Morgan fingerprint density at radius 2 is 1.88 bits per heavy atom. The Balaban J connectivity index is 1.39. The molecule has 3 N–H and O–H groups in total. The number of carbonyl (C=O) groups excluding carboxylic acids is 1. The standard InChI is InChI=1S/C19H25N3O2S/c1-24-18-7-3-2-5-16(18)13-20-19(23)15-22-10-8-21(9-11-22)14-17-6-4-12-25-17/h2-7,12H,8-11,13-15H2,1H3,(H,20,23)/p+2. The Morgan fingerprint density at radius 3 is 2.60 bits per heavy atom. The lowest BCUT2D eigenvalue weighted by Crippen LogP contribution is -3.28. The van der Waals surface area contributed by atoms with Crippen LogP contribution in [0.25, 0.3) is 0 Å². The topological polar surface area (TPSA) is 47.2 Å². The molecule has 0 saturated carbocycles. The minimum absolute atomic E-state index is 0.114. The number of methoxy groups -OCH3 is 1. The normalized spacial score (nSPS) is 20.2. The fourth-order valence-electron chi connectivity index (χ4n) is 3.30. The molecule has 1 aromatic carbocycles. The summed E-state index contributed by atoms with van der Waals surface area (Å²) in [4.78, 5) is 16.7. The van der Waals surface area contributed by atoms with Crippen LogP contribution in [0.5, 0.6) is 5.75 Å². The van der Waals surface area contributed by atoms with Crippen molar-refractivity contribution >= 4 is 17.2 Å². The molecule has 2 heterocycles. The first-order chi connectivity index (χ1) is 12.2. The van der Waals surface area contributed by atoms with Crippen molar-refractivity contribution < 1.29 is 19.3 Å². The number of nitrogens with one attached hydrogen (secondary N) is 3. The number of benzene rings is 1. The zero-order valence-corrected chi connectivity index (χ0v) is 15.5. The molecule has 1 saturated heterocycles. The van der Waals surface area contributed by atoms with Gasteiger partial charge in [0.1, 0.15) is 38.5 Å². The third-order valence-electron chi connectivity index (χ3n) is 4.75. The number of piperazine rings is 1. The maximum atomic E-state index is 12.2. The molecule has 0 aliphatic carbocycles. The highest BCUT2D eigenvalue weighted by Crippen LogP contribution is 2.16. The largest absolute Gasteiger partial charge is 0.496 e. The molecule has 0 spiro atoms. The van der Waals surface area contributed by atoms with Gasteiger partial charge in [-0.25, -0.2) is 0 Å². The van der Waals surface area contributed by atoms with E-state index in [-0.39, 0.29) is 5.91 Å². The van der Waals surface area contributed by atoms with Gasteiger partial charge in [-0.1, -0.05) is 24.3 Å². The van der Waals surface area contributed by atoms with Crippen LogP contribution in [0.15, 0.2) is 41.8 Å². The quantitative estimate of drug-likeness (QED) is 0.614. The number of thiophene rings is 1. The lowest BCUT2D eigenvalue weighted by Gasteiger charge is -2.29. The highest BCUT2D eigenvalue weighted by atomic mass is 32.1. The number of carbonyl (C=O) groups is 1. The van der Waals surface area contributed by atoms with Gasteiger partial charge in [0, 0.05) is 12.1 Å². The van der Waals surface area contributed by atoms with E-state index in [0.717, 1.165) is 44.0 Å². The van der Waals surface area contributed by atoms with Gasteiger partial charge in [0.2, 0.25) is 0 Å². The van der Waals surface area contributed by atoms with Gasteiger partial charge in [-0.15, -0.1) is 11.3 Å². The Labute approximate surface area is 153 Å². The Hall–Kier alpha value is -1.89. The van der Waals surface area contributed by atoms with E-state index in [2.05, 4.69) is 22.8 Å². The first-order valence-corrected chi connectivity index (χ1v) is 9.70. The van der Waals surface area contributed by atoms with Crippen molar-refractivity contribution in [3.63, 3.8) is 0 Å². The van der Waals surface area contributed by atoms with Crippen LogP contribution in [0.4, 0.5) is 0 Å². The highest BCUT2D eigenvalue weighted by molar-refractivity contribution is 7.09. The lowest BCUT2D eigenvalue weighted by atomic mass is 10.2. The number of quaternary nitrogens is 2. The Bertz CT molecular complexity index is 667. The first kappa shape index (κ1) is 17.9. The molecule has 0 bridgehead atoms.